The van der Waals surface area contributed by atoms with Crippen LogP contribution in [0.1, 0.15) is 22.8 Å². The Morgan fingerprint density at radius 3 is 2.48 bits per heavy atom. The van der Waals surface area contributed by atoms with Gasteiger partial charge in [-0.15, -0.1) is 0 Å². The van der Waals surface area contributed by atoms with Gasteiger partial charge >= 0.3 is 12.0 Å². The van der Waals surface area contributed by atoms with Crippen molar-refractivity contribution < 1.29 is 29.0 Å². The van der Waals surface area contributed by atoms with Crippen LogP contribution in [0.4, 0.5) is 10.5 Å². The van der Waals surface area contributed by atoms with E-state index < -0.39 is 23.8 Å². The lowest BCUT2D eigenvalue weighted by molar-refractivity contribution is -0.122. The zero-order chi connectivity index (χ0) is 21.1. The summed E-state index contributed by atoms with van der Waals surface area (Å²) in [4.78, 5) is 49.2. The molecule has 0 spiro atoms. The predicted octanol–water partition coefficient (Wildman–Crippen LogP) is 3.10. The SMILES string of the molecule is CCOc1ccc(Cl)cc1/C=C1\C(=O)NC(=O)N(c2ccc(C(=O)O)cc2)C1=O. The van der Waals surface area contributed by atoms with E-state index in [0.717, 1.165) is 4.90 Å². The first-order chi connectivity index (χ1) is 13.8. The number of urea groups is 1. The number of carboxylic acids is 1. The van der Waals surface area contributed by atoms with E-state index in [4.69, 9.17) is 21.4 Å². The fourth-order valence-electron chi connectivity index (χ4n) is 2.72. The van der Waals surface area contributed by atoms with Gasteiger partial charge in [0.05, 0.1) is 17.9 Å². The molecule has 0 bridgehead atoms. The number of rotatable bonds is 5. The quantitative estimate of drug-likeness (QED) is 0.574. The Hall–Kier alpha value is -3.65. The lowest BCUT2D eigenvalue weighted by Gasteiger charge is -2.26. The molecule has 9 heteroatoms. The first-order valence-corrected chi connectivity index (χ1v) is 8.86. The number of anilines is 1. The highest BCUT2D eigenvalue weighted by Crippen LogP contribution is 2.28. The molecular formula is C20H15ClN2O6. The van der Waals surface area contributed by atoms with Crippen LogP contribution in [0.3, 0.4) is 0 Å². The van der Waals surface area contributed by atoms with Gasteiger partial charge < -0.3 is 9.84 Å². The third-order valence-corrected chi connectivity index (χ3v) is 4.28. The van der Waals surface area contributed by atoms with Crippen LogP contribution in [0.25, 0.3) is 6.08 Å². The van der Waals surface area contributed by atoms with E-state index in [0.29, 0.717) is 22.9 Å². The molecule has 1 aliphatic rings. The van der Waals surface area contributed by atoms with Gasteiger partial charge in [-0.3, -0.25) is 14.9 Å². The van der Waals surface area contributed by atoms with Crippen molar-refractivity contribution in [3.05, 3.63) is 64.2 Å². The number of carboxylic acid groups (broad SMARTS) is 1. The van der Waals surface area contributed by atoms with Crippen LogP contribution in [-0.2, 0) is 9.59 Å². The average molecular weight is 415 g/mol. The number of imide groups is 2. The number of hydrogen-bond donors (Lipinski definition) is 2. The standard InChI is InChI=1S/C20H15ClN2O6/c1-2-29-16-8-5-13(21)9-12(16)10-15-17(24)22-20(28)23(18(15)25)14-6-3-11(4-7-14)19(26)27/h3-10H,2H2,1H3,(H,26,27)(H,22,24,28)/b15-10+. The van der Waals surface area contributed by atoms with Crippen LogP contribution in [0.5, 0.6) is 5.75 Å². The largest absolute Gasteiger partial charge is 0.493 e. The van der Waals surface area contributed by atoms with Crippen LogP contribution < -0.4 is 15.0 Å². The molecule has 0 aromatic heterocycles. The van der Waals surface area contributed by atoms with Crippen LogP contribution in [0.15, 0.2) is 48.0 Å². The predicted molar refractivity (Wildman–Crippen MR) is 105 cm³/mol. The summed E-state index contributed by atoms with van der Waals surface area (Å²) in [5, 5.41) is 11.5. The van der Waals surface area contributed by atoms with E-state index in [9.17, 15) is 19.2 Å². The second-order valence-corrected chi connectivity index (χ2v) is 6.36. The molecule has 2 aromatic carbocycles. The summed E-state index contributed by atoms with van der Waals surface area (Å²) in [5.74, 6) is -2.45. The monoisotopic (exact) mass is 414 g/mol. The van der Waals surface area contributed by atoms with Crippen molar-refractivity contribution in [1.82, 2.24) is 5.32 Å². The number of nitrogens with zero attached hydrogens (tertiary/aromatic N) is 1. The molecule has 1 aliphatic heterocycles. The van der Waals surface area contributed by atoms with Crippen LogP contribution in [0, 0.1) is 0 Å². The molecule has 29 heavy (non-hydrogen) atoms. The van der Waals surface area contributed by atoms with Crippen molar-refractivity contribution in [1.29, 1.82) is 0 Å². The highest BCUT2D eigenvalue weighted by atomic mass is 35.5. The summed E-state index contributed by atoms with van der Waals surface area (Å²) in [6.07, 6.45) is 1.29. The molecule has 0 radical (unpaired) electrons. The average Bonchev–Trinajstić information content (AvgIpc) is 2.67. The molecule has 0 aliphatic carbocycles. The van der Waals surface area contributed by atoms with Gasteiger partial charge in [-0.25, -0.2) is 14.5 Å². The van der Waals surface area contributed by atoms with E-state index in [1.807, 2.05) is 0 Å². The first kappa shape index (κ1) is 20.1. The Morgan fingerprint density at radius 2 is 1.86 bits per heavy atom. The maximum Gasteiger partial charge on any atom is 0.335 e. The third kappa shape index (κ3) is 4.12. The lowest BCUT2D eigenvalue weighted by Crippen LogP contribution is -2.54. The second-order valence-electron chi connectivity index (χ2n) is 5.93. The van der Waals surface area contributed by atoms with E-state index in [-0.39, 0.29) is 16.8 Å². The van der Waals surface area contributed by atoms with Crippen LogP contribution >= 0.6 is 11.6 Å². The third-order valence-electron chi connectivity index (χ3n) is 4.05. The number of amides is 4. The molecule has 2 aromatic rings. The van der Waals surface area contributed by atoms with E-state index >= 15 is 0 Å². The van der Waals surface area contributed by atoms with Gasteiger partial charge in [-0.05, 0) is 55.5 Å². The van der Waals surface area contributed by atoms with Crippen molar-refractivity contribution in [3.63, 3.8) is 0 Å². The Balaban J connectivity index is 2.02. The highest BCUT2D eigenvalue weighted by molar-refractivity contribution is 6.39. The molecule has 1 fully saturated rings. The first-order valence-electron chi connectivity index (χ1n) is 8.49. The van der Waals surface area contributed by atoms with Crippen molar-refractivity contribution in [3.8, 4) is 5.75 Å². The number of benzene rings is 2. The van der Waals surface area contributed by atoms with Gasteiger partial charge in [0.15, 0.2) is 0 Å². The van der Waals surface area contributed by atoms with Gasteiger partial charge in [0.2, 0.25) is 0 Å². The summed E-state index contributed by atoms with van der Waals surface area (Å²) < 4.78 is 5.49. The number of nitrogens with one attached hydrogen (secondary N) is 1. The molecule has 0 unspecified atom stereocenters. The number of barbiturate groups is 1. The molecule has 0 atom stereocenters. The normalized spacial score (nSPS) is 15.4. The van der Waals surface area contributed by atoms with Crippen LogP contribution in [0.2, 0.25) is 5.02 Å². The summed E-state index contributed by atoms with van der Waals surface area (Å²) in [6, 6.07) is 8.93. The van der Waals surface area contributed by atoms with E-state index in [2.05, 4.69) is 5.32 Å². The molecule has 3 rings (SSSR count). The molecule has 2 N–H and O–H groups in total. The number of ether oxygens (including phenoxy) is 1. The molecule has 1 heterocycles. The van der Waals surface area contributed by atoms with E-state index in [1.54, 1.807) is 19.1 Å². The smallest absolute Gasteiger partial charge is 0.335 e. The topological polar surface area (TPSA) is 113 Å². The summed E-state index contributed by atoms with van der Waals surface area (Å²) in [6.45, 7) is 2.14. The Morgan fingerprint density at radius 1 is 1.17 bits per heavy atom. The van der Waals surface area contributed by atoms with Crippen molar-refractivity contribution in [2.75, 3.05) is 11.5 Å². The van der Waals surface area contributed by atoms with Gasteiger partial charge in [0.1, 0.15) is 11.3 Å². The highest BCUT2D eigenvalue weighted by Gasteiger charge is 2.37. The minimum Gasteiger partial charge on any atom is -0.493 e. The Labute approximate surface area is 170 Å². The molecular weight excluding hydrogens is 400 g/mol. The van der Waals surface area contributed by atoms with Crippen LogP contribution in [-0.4, -0.2) is 35.5 Å². The minimum atomic E-state index is -1.15. The summed E-state index contributed by atoms with van der Waals surface area (Å²) in [7, 11) is 0. The minimum absolute atomic E-state index is 0.00857. The zero-order valence-corrected chi connectivity index (χ0v) is 15.9. The van der Waals surface area contributed by atoms with Crippen molar-refractivity contribution in [2.24, 2.45) is 0 Å². The number of carbonyl (C=O) groups excluding carboxylic acids is 3. The number of halogens is 1. The fraction of sp³-hybridized carbons (Fsp3) is 0.100. The van der Waals surface area contributed by atoms with E-state index in [1.165, 1.54) is 36.4 Å². The maximum absolute atomic E-state index is 12.9. The van der Waals surface area contributed by atoms with Gasteiger partial charge in [0, 0.05) is 10.6 Å². The second kappa shape index (κ2) is 8.15. The molecule has 8 nitrogen and oxygen atoms in total. The van der Waals surface area contributed by atoms with Crippen molar-refractivity contribution in [2.45, 2.75) is 6.92 Å². The number of hydrogen-bond acceptors (Lipinski definition) is 5. The lowest BCUT2D eigenvalue weighted by atomic mass is 10.1. The summed E-state index contributed by atoms with van der Waals surface area (Å²) >= 11 is 6.01. The fourth-order valence-corrected chi connectivity index (χ4v) is 2.90. The Kier molecular flexibility index (Phi) is 5.65. The Bertz CT molecular complexity index is 1050. The van der Waals surface area contributed by atoms with Gasteiger partial charge in [-0.2, -0.15) is 0 Å². The number of carbonyl (C=O) groups is 4. The molecule has 4 amide bonds. The molecule has 0 saturated carbocycles. The van der Waals surface area contributed by atoms with Gasteiger partial charge in [0.25, 0.3) is 11.8 Å². The molecule has 148 valence electrons. The summed E-state index contributed by atoms with van der Waals surface area (Å²) in [5.41, 5.74) is 0.210. The number of aromatic carboxylic acids is 1. The van der Waals surface area contributed by atoms with Gasteiger partial charge in [-0.1, -0.05) is 11.6 Å². The maximum atomic E-state index is 12.9. The molecule has 1 saturated heterocycles. The zero-order valence-electron chi connectivity index (χ0n) is 15.1. The van der Waals surface area contributed by atoms with Crippen molar-refractivity contribution >= 4 is 47.2 Å².